The summed E-state index contributed by atoms with van der Waals surface area (Å²) in [6.45, 7) is 6.06. The number of hydrogen-bond donors (Lipinski definition) is 1. The van der Waals surface area contributed by atoms with Crippen LogP contribution in [0.25, 0.3) is 11.3 Å². The highest BCUT2D eigenvalue weighted by Crippen LogP contribution is 2.33. The number of rotatable bonds is 10. The maximum Gasteiger partial charge on any atom is 0.254 e. The van der Waals surface area contributed by atoms with E-state index in [0.717, 1.165) is 28.0 Å². The van der Waals surface area contributed by atoms with Gasteiger partial charge in [0.2, 0.25) is 0 Å². The summed E-state index contributed by atoms with van der Waals surface area (Å²) in [5, 5.41) is 0. The third kappa shape index (κ3) is 6.12. The Kier molecular flexibility index (Phi) is 8.73. The van der Waals surface area contributed by atoms with Gasteiger partial charge in [-0.15, -0.1) is 0 Å². The average Bonchev–Trinajstić information content (AvgIpc) is 3.30. The Balaban J connectivity index is 1.83. The van der Waals surface area contributed by atoms with Crippen molar-refractivity contribution < 1.29 is 4.79 Å². The molecule has 0 bridgehead atoms. The quantitative estimate of drug-likeness (QED) is 0.246. The van der Waals surface area contributed by atoms with Crippen LogP contribution in [-0.4, -0.2) is 33.4 Å². The van der Waals surface area contributed by atoms with Crippen LogP contribution < -0.4 is 5.73 Å². The molecule has 0 saturated carbocycles. The van der Waals surface area contributed by atoms with Gasteiger partial charge >= 0.3 is 0 Å². The van der Waals surface area contributed by atoms with E-state index in [-0.39, 0.29) is 17.9 Å². The fourth-order valence-corrected chi connectivity index (χ4v) is 4.93. The molecule has 0 fully saturated rings. The molecule has 3 aromatic carbocycles. The molecule has 2 N–H and O–H groups in total. The molecule has 1 unspecified atom stereocenters. The lowest BCUT2D eigenvalue weighted by Crippen LogP contribution is -2.40. The molecule has 4 aromatic rings. The molecule has 5 nitrogen and oxygen atoms in total. The van der Waals surface area contributed by atoms with E-state index in [2.05, 4.69) is 64.8 Å². The zero-order chi connectivity index (χ0) is 25.5. The molecule has 1 atom stereocenters. The number of amides is 1. The molecule has 0 aliphatic heterocycles. The summed E-state index contributed by atoms with van der Waals surface area (Å²) < 4.78 is 3.20. The van der Waals surface area contributed by atoms with Crippen LogP contribution in [0.1, 0.15) is 48.1 Å². The van der Waals surface area contributed by atoms with E-state index in [1.54, 1.807) is 0 Å². The molecule has 0 radical (unpaired) electrons. The Labute approximate surface area is 222 Å². The Morgan fingerprint density at radius 2 is 1.69 bits per heavy atom. The molecule has 186 valence electrons. The summed E-state index contributed by atoms with van der Waals surface area (Å²) in [4.78, 5) is 20.9. The third-order valence-corrected chi connectivity index (χ3v) is 6.73. The van der Waals surface area contributed by atoms with Crippen molar-refractivity contribution in [1.82, 2.24) is 14.5 Å². The minimum Gasteiger partial charge on any atom is -0.330 e. The maximum absolute atomic E-state index is 13.8. The molecule has 1 amide bonds. The van der Waals surface area contributed by atoms with Crippen molar-refractivity contribution in [3.63, 3.8) is 0 Å². The lowest BCUT2D eigenvalue weighted by Gasteiger charge is -2.34. The summed E-state index contributed by atoms with van der Waals surface area (Å²) in [6.07, 6.45) is 2.83. The van der Waals surface area contributed by atoms with Gasteiger partial charge in [0.1, 0.15) is 5.82 Å². The van der Waals surface area contributed by atoms with Crippen LogP contribution in [0.15, 0.2) is 95.6 Å². The number of nitrogens with zero attached hydrogens (tertiary/aromatic N) is 3. The number of halogens is 1. The number of hydrogen-bond acceptors (Lipinski definition) is 3. The molecule has 4 rings (SSSR count). The van der Waals surface area contributed by atoms with Crippen molar-refractivity contribution in [3.8, 4) is 11.3 Å². The number of imidazole rings is 1. The van der Waals surface area contributed by atoms with Crippen LogP contribution in [0.3, 0.4) is 0 Å². The molecular weight excluding hydrogens is 512 g/mol. The number of carbonyl (C=O) groups is 1. The van der Waals surface area contributed by atoms with Gasteiger partial charge in [-0.25, -0.2) is 4.98 Å². The summed E-state index contributed by atoms with van der Waals surface area (Å²) in [5.74, 6) is 1.02. The van der Waals surface area contributed by atoms with Crippen molar-refractivity contribution in [1.29, 1.82) is 0 Å². The largest absolute Gasteiger partial charge is 0.330 e. The van der Waals surface area contributed by atoms with Gasteiger partial charge in [-0.2, -0.15) is 0 Å². The van der Waals surface area contributed by atoms with E-state index < -0.39 is 0 Å². The molecule has 1 heterocycles. The van der Waals surface area contributed by atoms with E-state index >= 15 is 0 Å². The van der Waals surface area contributed by atoms with Crippen LogP contribution in [0, 0.1) is 5.92 Å². The first-order valence-corrected chi connectivity index (χ1v) is 13.2. The summed E-state index contributed by atoms with van der Waals surface area (Å²) >= 11 is 3.59. The smallest absolute Gasteiger partial charge is 0.254 e. The second-order valence-electron chi connectivity index (χ2n) is 9.30. The Bertz CT molecular complexity index is 1270. The van der Waals surface area contributed by atoms with Crippen molar-refractivity contribution in [2.24, 2.45) is 11.7 Å². The van der Waals surface area contributed by atoms with E-state index in [0.29, 0.717) is 25.2 Å². The van der Waals surface area contributed by atoms with Crippen molar-refractivity contribution in [3.05, 3.63) is 113 Å². The second-order valence-corrected chi connectivity index (χ2v) is 10.2. The number of carbonyl (C=O) groups excluding carboxylic acids is 1. The average molecular weight is 546 g/mol. The van der Waals surface area contributed by atoms with Crippen molar-refractivity contribution >= 4 is 21.8 Å². The lowest BCUT2D eigenvalue weighted by atomic mass is 9.99. The van der Waals surface area contributed by atoms with Gasteiger partial charge in [0.05, 0.1) is 11.7 Å². The standard InChI is InChI=1S/C30H33BrN4O/c1-22(2)28(35(18-10-17-32)30(36)24-13-7-4-8-14-24)29-33-27(25-15-9-16-26(31)19-25)21-34(29)20-23-11-5-3-6-12-23/h3-9,11-16,19,21-22,28H,10,17-18,20,32H2,1-2H3. The molecule has 0 aliphatic rings. The molecule has 0 saturated heterocycles. The Hall–Kier alpha value is -3.22. The van der Waals surface area contributed by atoms with Crippen molar-refractivity contribution in [2.75, 3.05) is 13.1 Å². The normalized spacial score (nSPS) is 12.0. The predicted octanol–water partition coefficient (Wildman–Crippen LogP) is 6.55. The van der Waals surface area contributed by atoms with Crippen LogP contribution in [0.5, 0.6) is 0 Å². The van der Waals surface area contributed by atoms with E-state index in [4.69, 9.17) is 10.7 Å². The molecule has 6 heteroatoms. The van der Waals surface area contributed by atoms with E-state index in [1.807, 2.05) is 65.6 Å². The molecule has 1 aromatic heterocycles. The Morgan fingerprint density at radius 1 is 1.00 bits per heavy atom. The fourth-order valence-electron chi connectivity index (χ4n) is 4.53. The fraction of sp³-hybridized carbons (Fsp3) is 0.267. The minimum atomic E-state index is -0.214. The van der Waals surface area contributed by atoms with Gasteiger partial charge in [0.15, 0.2) is 0 Å². The number of nitrogens with two attached hydrogens (primary N) is 1. The highest BCUT2D eigenvalue weighted by molar-refractivity contribution is 9.10. The second kappa shape index (κ2) is 12.2. The van der Waals surface area contributed by atoms with E-state index in [9.17, 15) is 4.79 Å². The van der Waals surface area contributed by atoms with Crippen molar-refractivity contribution in [2.45, 2.75) is 32.9 Å². The first kappa shape index (κ1) is 25.9. The lowest BCUT2D eigenvalue weighted by molar-refractivity contribution is 0.0604. The van der Waals surface area contributed by atoms with Gasteiger partial charge in [-0.3, -0.25) is 4.79 Å². The van der Waals surface area contributed by atoms with Gasteiger partial charge in [-0.05, 0) is 48.7 Å². The maximum atomic E-state index is 13.8. The van der Waals surface area contributed by atoms with Gasteiger partial charge in [0.25, 0.3) is 5.91 Å². The topological polar surface area (TPSA) is 64.2 Å². The molecule has 0 aliphatic carbocycles. The van der Waals surface area contributed by atoms with Crippen LogP contribution in [-0.2, 0) is 6.54 Å². The molecule has 36 heavy (non-hydrogen) atoms. The number of benzene rings is 3. The monoisotopic (exact) mass is 544 g/mol. The highest BCUT2D eigenvalue weighted by Gasteiger charge is 2.32. The summed E-state index contributed by atoms with van der Waals surface area (Å²) in [5.41, 5.74) is 9.67. The van der Waals surface area contributed by atoms with E-state index in [1.165, 1.54) is 5.56 Å². The zero-order valence-corrected chi connectivity index (χ0v) is 22.4. The van der Waals surface area contributed by atoms with Crippen LogP contribution in [0.2, 0.25) is 0 Å². The SMILES string of the molecule is CC(C)C(c1nc(-c2cccc(Br)c2)cn1Cc1ccccc1)N(CCCN)C(=O)c1ccccc1. The Morgan fingerprint density at radius 3 is 2.33 bits per heavy atom. The highest BCUT2D eigenvalue weighted by atomic mass is 79.9. The van der Waals surface area contributed by atoms with Gasteiger partial charge in [-0.1, -0.05) is 90.4 Å². The van der Waals surface area contributed by atoms with Gasteiger partial charge < -0.3 is 15.2 Å². The van der Waals surface area contributed by atoms with Gasteiger partial charge in [0, 0.05) is 34.9 Å². The third-order valence-electron chi connectivity index (χ3n) is 6.24. The van der Waals surface area contributed by atoms with Crippen LogP contribution >= 0.6 is 15.9 Å². The predicted molar refractivity (Wildman–Crippen MR) is 150 cm³/mol. The zero-order valence-electron chi connectivity index (χ0n) is 20.8. The molecular formula is C30H33BrN4O. The first-order valence-electron chi connectivity index (χ1n) is 12.4. The summed E-state index contributed by atoms with van der Waals surface area (Å²) in [7, 11) is 0. The van der Waals surface area contributed by atoms with Crippen LogP contribution in [0.4, 0.5) is 0 Å². The molecule has 0 spiro atoms. The first-order chi connectivity index (χ1) is 17.5. The number of aromatic nitrogens is 2. The minimum absolute atomic E-state index is 0.000941. The summed E-state index contributed by atoms with van der Waals surface area (Å²) in [6, 6.07) is 27.8.